The second-order valence-corrected chi connectivity index (χ2v) is 4.52. The molecule has 0 aliphatic rings. The topological polar surface area (TPSA) is 124 Å². The van der Waals surface area contributed by atoms with Gasteiger partial charge in [0.1, 0.15) is 0 Å². The summed E-state index contributed by atoms with van der Waals surface area (Å²) < 4.78 is 58.9. The second kappa shape index (κ2) is 6.44. The summed E-state index contributed by atoms with van der Waals surface area (Å²) in [6, 6.07) is 0. The van der Waals surface area contributed by atoms with Gasteiger partial charge in [-0.1, -0.05) is 0 Å². The molecule has 0 unspecified atom stereocenters. The normalized spacial score (nSPS) is 11.1. The van der Waals surface area contributed by atoms with E-state index in [0.717, 1.165) is 0 Å². The molecule has 0 N–H and O–H groups in total. The van der Waals surface area contributed by atoms with Crippen molar-refractivity contribution in [3.63, 3.8) is 0 Å². The van der Waals surface area contributed by atoms with E-state index in [-0.39, 0.29) is 54.6 Å². The van der Waals surface area contributed by atoms with Gasteiger partial charge in [0, 0.05) is 0 Å². The fraction of sp³-hybridized carbons (Fsp3) is 0. The van der Waals surface area contributed by atoms with Crippen LogP contribution in [0.3, 0.4) is 0 Å². The maximum absolute atomic E-state index is 9.38. The van der Waals surface area contributed by atoms with Gasteiger partial charge in [-0.05, 0) is 0 Å². The minimum Gasteiger partial charge on any atom is 1.00 e. The zero-order chi connectivity index (χ0) is 7.71. The molecule has 7 nitrogen and oxygen atoms in total. The third-order valence-corrected chi connectivity index (χ3v) is 2.83. The summed E-state index contributed by atoms with van der Waals surface area (Å²) in [5.74, 6) is 0. The predicted molar refractivity (Wildman–Crippen MR) is 15.3 cm³/mol. The van der Waals surface area contributed by atoms with Crippen LogP contribution in [0.4, 0.5) is 0 Å². The predicted octanol–water partition coefficient (Wildman–Crippen LogP) is -3.69. The van der Waals surface area contributed by atoms with Gasteiger partial charge in [0.25, 0.3) is 0 Å². The van der Waals surface area contributed by atoms with E-state index in [9.17, 15) is 23.5 Å². The maximum atomic E-state index is 9.38. The van der Waals surface area contributed by atoms with E-state index in [1.54, 1.807) is 0 Å². The van der Waals surface area contributed by atoms with Crippen molar-refractivity contribution in [2.45, 2.75) is 0 Å². The SMILES string of the molecule is [O]=[Cr](=[O])([O-])[O][Cr](=[O])(=[O])[O-].[Tl+].[Tl+]. The van der Waals surface area contributed by atoms with Crippen LogP contribution in [-0.2, 0) is 45.3 Å². The molecule has 0 rings (SSSR count). The Kier molecular flexibility index (Phi) is 11.0. The van der Waals surface area contributed by atoms with Crippen molar-refractivity contribution in [2.75, 3.05) is 0 Å². The third kappa shape index (κ3) is 18.7. The first-order valence-electron chi connectivity index (χ1n) is 1.33. The first-order chi connectivity index (χ1) is 3.71. The largest absolute Gasteiger partial charge is 1.00 e. The summed E-state index contributed by atoms with van der Waals surface area (Å²) >= 11 is -12.1. The molecule has 0 amide bonds. The Hall–Kier alpha value is 1.99. The third-order valence-electron chi connectivity index (χ3n) is 0.167. The van der Waals surface area contributed by atoms with E-state index in [4.69, 9.17) is 0 Å². The Morgan fingerprint density at radius 1 is 0.818 bits per heavy atom. The van der Waals surface area contributed by atoms with E-state index < -0.39 is 27.2 Å². The zero-order valence-electron chi connectivity index (χ0n) is 4.83. The zero-order valence-corrected chi connectivity index (χ0v) is 16.4. The van der Waals surface area contributed by atoms with Crippen LogP contribution >= 0.6 is 0 Å². The molecule has 0 aromatic heterocycles. The standard InChI is InChI=1S/2Cr.7O.2Tl/q;;;;;;;2*-1;2*+1. The maximum Gasteiger partial charge on any atom is 1.00 e. The molecule has 11 heavy (non-hydrogen) atoms. The van der Waals surface area contributed by atoms with Crippen molar-refractivity contribution >= 4 is 54.6 Å². The molecule has 0 atom stereocenters. The molecule has 0 aromatic carbocycles. The Labute approximate surface area is 107 Å². The summed E-state index contributed by atoms with van der Waals surface area (Å²) in [6.45, 7) is 0. The molecule has 0 aromatic rings. The van der Waals surface area contributed by atoms with Crippen molar-refractivity contribution in [1.29, 1.82) is 0 Å². The molecule has 0 saturated heterocycles. The number of hydrogen-bond donors (Lipinski definition) is 0. The Morgan fingerprint density at radius 2 is 1.00 bits per heavy atom. The van der Waals surface area contributed by atoms with Gasteiger partial charge >= 0.3 is 108 Å². The minimum atomic E-state index is -6.07. The van der Waals surface area contributed by atoms with Gasteiger partial charge in [0.2, 0.25) is 0 Å². The van der Waals surface area contributed by atoms with Gasteiger partial charge in [-0.3, -0.25) is 0 Å². The van der Waals surface area contributed by atoms with Gasteiger partial charge in [-0.25, -0.2) is 0 Å². The summed E-state index contributed by atoms with van der Waals surface area (Å²) in [5, 5.41) is 0. The van der Waals surface area contributed by atoms with Crippen LogP contribution < -0.4 is 8.32 Å². The summed E-state index contributed by atoms with van der Waals surface area (Å²) in [5.41, 5.74) is 0. The van der Waals surface area contributed by atoms with Crippen LogP contribution in [0, 0.1) is 0 Å². The molecule has 0 fully saturated rings. The van der Waals surface area contributed by atoms with E-state index in [1.165, 1.54) is 0 Å². The molecule has 0 radical (unpaired) electrons. The fourth-order valence-electron chi connectivity index (χ4n) is 0.102. The summed E-state index contributed by atoms with van der Waals surface area (Å²) in [4.78, 5) is 0. The Morgan fingerprint density at radius 3 is 1.00 bits per heavy atom. The van der Waals surface area contributed by atoms with Crippen LogP contribution in [0.5, 0.6) is 0 Å². The molecular formula is Cr2O7Tl2. The van der Waals surface area contributed by atoms with E-state index >= 15 is 0 Å². The quantitative estimate of drug-likeness (QED) is 0.290. The van der Waals surface area contributed by atoms with Gasteiger partial charge in [-0.2, -0.15) is 0 Å². The van der Waals surface area contributed by atoms with Crippen LogP contribution in [-0.4, -0.2) is 54.6 Å². The van der Waals surface area contributed by atoms with Crippen molar-refractivity contribution in [2.24, 2.45) is 0 Å². The first kappa shape index (κ1) is 18.7. The van der Waals surface area contributed by atoms with Crippen molar-refractivity contribution in [1.82, 2.24) is 0 Å². The van der Waals surface area contributed by atoms with Crippen molar-refractivity contribution < 1.29 is 53.6 Å². The van der Waals surface area contributed by atoms with E-state index in [0.29, 0.717) is 0 Å². The van der Waals surface area contributed by atoms with Gasteiger partial charge in [-0.15, -0.1) is 0 Å². The average Bonchev–Trinajstić information content (AvgIpc) is 1.14. The van der Waals surface area contributed by atoms with Gasteiger partial charge < -0.3 is 0 Å². The first-order valence-corrected chi connectivity index (χ1v) is 5.50. The van der Waals surface area contributed by atoms with E-state index in [2.05, 4.69) is 2.84 Å². The average molecular weight is 625 g/mol. The molecule has 0 bridgehead atoms. The summed E-state index contributed by atoms with van der Waals surface area (Å²) in [7, 11) is 0. The Bertz CT molecular complexity index is 240. The molecule has 0 saturated carbocycles. The molecule has 0 aliphatic carbocycles. The molecule has 0 heterocycles. The molecule has 60 valence electrons. The van der Waals surface area contributed by atoms with Crippen molar-refractivity contribution in [3.8, 4) is 0 Å². The summed E-state index contributed by atoms with van der Waals surface area (Å²) in [6.07, 6.45) is 0. The Balaban J connectivity index is -0.000000320. The minimum absolute atomic E-state index is 0. The van der Waals surface area contributed by atoms with Crippen LogP contribution in [0.1, 0.15) is 0 Å². The number of hydrogen-bond acceptors (Lipinski definition) is 7. The molecular weight excluding hydrogens is 625 g/mol. The van der Waals surface area contributed by atoms with E-state index in [1.807, 2.05) is 0 Å². The van der Waals surface area contributed by atoms with Gasteiger partial charge in [0.05, 0.1) is 0 Å². The van der Waals surface area contributed by atoms with Crippen LogP contribution in [0.25, 0.3) is 0 Å². The second-order valence-electron chi connectivity index (χ2n) is 0.885. The fourth-order valence-corrected chi connectivity index (χ4v) is 1.74. The molecule has 0 spiro atoms. The molecule has 0 aliphatic heterocycles. The van der Waals surface area contributed by atoms with Crippen LogP contribution in [0.2, 0.25) is 0 Å². The monoisotopic (exact) mass is 626 g/mol. The van der Waals surface area contributed by atoms with Crippen LogP contribution in [0.15, 0.2) is 0 Å². The van der Waals surface area contributed by atoms with Crippen molar-refractivity contribution in [3.05, 3.63) is 0 Å². The molecule has 11 heteroatoms. The number of rotatable bonds is 2. The van der Waals surface area contributed by atoms with Gasteiger partial charge in [0.15, 0.2) is 0 Å². The smallest absolute Gasteiger partial charge is 1.00 e.